The Kier molecular flexibility index (Phi) is 5.56. The highest BCUT2D eigenvalue weighted by molar-refractivity contribution is 7.12. The van der Waals surface area contributed by atoms with E-state index < -0.39 is 0 Å². The second-order valence-electron chi connectivity index (χ2n) is 6.74. The molecule has 0 spiro atoms. The van der Waals surface area contributed by atoms with Gasteiger partial charge in [-0.15, -0.1) is 11.3 Å². The highest BCUT2D eigenvalue weighted by Crippen LogP contribution is 2.27. The Labute approximate surface area is 177 Å². The van der Waals surface area contributed by atoms with Crippen LogP contribution in [0.1, 0.15) is 31.2 Å². The van der Waals surface area contributed by atoms with E-state index in [0.29, 0.717) is 35.1 Å². The van der Waals surface area contributed by atoms with Crippen LogP contribution in [0.5, 0.6) is 5.75 Å². The largest absolute Gasteiger partial charge is 0.496 e. The van der Waals surface area contributed by atoms with Crippen molar-refractivity contribution in [3.05, 3.63) is 80.5 Å². The lowest BCUT2D eigenvalue weighted by molar-refractivity contribution is 0.0739. The summed E-state index contributed by atoms with van der Waals surface area (Å²) < 4.78 is 5.26. The number of hydrogen-bond acceptors (Lipinski definition) is 4. The van der Waals surface area contributed by atoms with Crippen molar-refractivity contribution in [3.8, 4) is 5.75 Å². The maximum absolute atomic E-state index is 12.7. The summed E-state index contributed by atoms with van der Waals surface area (Å²) in [5, 5.41) is 5.27. The molecule has 3 aromatic rings. The number of thiophene rings is 1. The van der Waals surface area contributed by atoms with Crippen LogP contribution >= 0.6 is 22.9 Å². The minimum Gasteiger partial charge on any atom is -0.496 e. The Morgan fingerprint density at radius 2 is 2.00 bits per heavy atom. The molecule has 7 heteroatoms. The third-order valence-corrected chi connectivity index (χ3v) is 5.99. The van der Waals surface area contributed by atoms with Crippen molar-refractivity contribution in [1.29, 1.82) is 0 Å². The van der Waals surface area contributed by atoms with Gasteiger partial charge in [-0.05, 0) is 59.3 Å². The summed E-state index contributed by atoms with van der Waals surface area (Å²) in [7, 11) is 1.51. The van der Waals surface area contributed by atoms with Gasteiger partial charge >= 0.3 is 0 Å². The molecule has 0 bridgehead atoms. The van der Waals surface area contributed by atoms with Crippen LogP contribution in [0.3, 0.4) is 0 Å². The summed E-state index contributed by atoms with van der Waals surface area (Å²) in [6.07, 6.45) is 0.794. The van der Waals surface area contributed by atoms with Gasteiger partial charge in [0, 0.05) is 23.8 Å². The molecule has 2 aromatic carbocycles. The van der Waals surface area contributed by atoms with Crippen LogP contribution in [0.15, 0.2) is 53.9 Å². The number of carbonyl (C=O) groups excluding carboxylic acids is 2. The number of fused-ring (bicyclic) bond motifs is 1. The average molecular weight is 427 g/mol. The van der Waals surface area contributed by atoms with E-state index in [1.807, 2.05) is 40.6 Å². The van der Waals surface area contributed by atoms with E-state index in [0.717, 1.165) is 16.9 Å². The summed E-state index contributed by atoms with van der Waals surface area (Å²) in [4.78, 5) is 28.0. The SMILES string of the molecule is COc1ccc(Cl)cc1C(=O)Nc1ccc2c(c1)CN(C(=O)c1cccs1)CC2. The first-order valence-electron chi connectivity index (χ1n) is 9.14. The summed E-state index contributed by atoms with van der Waals surface area (Å²) in [5.41, 5.74) is 3.27. The molecule has 2 heterocycles. The van der Waals surface area contributed by atoms with Gasteiger partial charge < -0.3 is 15.0 Å². The third-order valence-electron chi connectivity index (χ3n) is 4.90. The van der Waals surface area contributed by atoms with Gasteiger partial charge in [0.1, 0.15) is 5.75 Å². The summed E-state index contributed by atoms with van der Waals surface area (Å²) in [6, 6.07) is 14.5. The first-order valence-corrected chi connectivity index (χ1v) is 10.4. The zero-order valence-electron chi connectivity index (χ0n) is 15.8. The average Bonchev–Trinajstić information content (AvgIpc) is 3.27. The molecule has 0 saturated carbocycles. The minimum absolute atomic E-state index is 0.0451. The number of ether oxygens (including phenoxy) is 1. The predicted octanol–water partition coefficient (Wildman–Crippen LogP) is 4.86. The lowest BCUT2D eigenvalue weighted by atomic mass is 9.98. The molecule has 0 aliphatic carbocycles. The topological polar surface area (TPSA) is 58.6 Å². The number of halogens is 1. The number of rotatable bonds is 4. The second kappa shape index (κ2) is 8.27. The Hall–Kier alpha value is -2.83. The number of carbonyl (C=O) groups is 2. The van der Waals surface area contributed by atoms with Gasteiger partial charge in [-0.2, -0.15) is 0 Å². The molecule has 0 fully saturated rings. The van der Waals surface area contributed by atoms with E-state index in [1.165, 1.54) is 24.0 Å². The van der Waals surface area contributed by atoms with Gasteiger partial charge in [0.05, 0.1) is 17.6 Å². The fourth-order valence-electron chi connectivity index (χ4n) is 3.42. The van der Waals surface area contributed by atoms with Crippen molar-refractivity contribution < 1.29 is 14.3 Å². The standard InChI is InChI=1S/C22H19ClN2O3S/c1-28-19-7-5-16(23)12-18(19)21(26)24-17-6-4-14-8-9-25(13-15(14)11-17)22(27)20-3-2-10-29-20/h2-7,10-12H,8-9,13H2,1H3,(H,24,26). The summed E-state index contributed by atoms with van der Waals surface area (Å²) in [5.74, 6) is 0.202. The van der Waals surface area contributed by atoms with Gasteiger partial charge in [-0.3, -0.25) is 9.59 Å². The van der Waals surface area contributed by atoms with E-state index in [1.54, 1.807) is 18.2 Å². The van der Waals surface area contributed by atoms with Crippen LogP contribution in [-0.4, -0.2) is 30.4 Å². The molecule has 148 valence electrons. The molecule has 1 N–H and O–H groups in total. The van der Waals surface area contributed by atoms with Gasteiger partial charge in [0.15, 0.2) is 0 Å². The van der Waals surface area contributed by atoms with E-state index in [9.17, 15) is 9.59 Å². The Bertz CT molecular complexity index is 1070. The monoisotopic (exact) mass is 426 g/mol. The van der Waals surface area contributed by atoms with Crippen LogP contribution in [0.25, 0.3) is 0 Å². The lowest BCUT2D eigenvalue weighted by Crippen LogP contribution is -2.35. The fraction of sp³-hybridized carbons (Fsp3) is 0.182. The number of nitrogens with zero attached hydrogens (tertiary/aromatic N) is 1. The highest BCUT2D eigenvalue weighted by Gasteiger charge is 2.23. The summed E-state index contributed by atoms with van der Waals surface area (Å²) >= 11 is 7.48. The molecule has 1 aliphatic heterocycles. The third kappa shape index (κ3) is 4.13. The lowest BCUT2D eigenvalue weighted by Gasteiger charge is -2.29. The van der Waals surface area contributed by atoms with Gasteiger partial charge in [0.2, 0.25) is 0 Å². The zero-order chi connectivity index (χ0) is 20.4. The molecule has 1 aromatic heterocycles. The van der Waals surface area contributed by atoms with Crippen LogP contribution < -0.4 is 10.1 Å². The Morgan fingerprint density at radius 1 is 1.14 bits per heavy atom. The molecular formula is C22H19ClN2O3S. The van der Waals surface area contributed by atoms with E-state index >= 15 is 0 Å². The van der Waals surface area contributed by atoms with Crippen LogP contribution in [0.4, 0.5) is 5.69 Å². The number of amides is 2. The van der Waals surface area contributed by atoms with Crippen LogP contribution in [0.2, 0.25) is 5.02 Å². The molecule has 0 atom stereocenters. The number of anilines is 1. The zero-order valence-corrected chi connectivity index (χ0v) is 17.3. The molecule has 0 radical (unpaired) electrons. The number of benzene rings is 2. The second-order valence-corrected chi connectivity index (χ2v) is 8.12. The van der Waals surface area contributed by atoms with Crippen molar-refractivity contribution in [2.75, 3.05) is 19.0 Å². The van der Waals surface area contributed by atoms with Crippen LogP contribution in [0, 0.1) is 0 Å². The molecule has 4 rings (SSSR count). The first kappa shape index (κ1) is 19.5. The van der Waals surface area contributed by atoms with E-state index in [-0.39, 0.29) is 11.8 Å². The van der Waals surface area contributed by atoms with Crippen LogP contribution in [-0.2, 0) is 13.0 Å². The van der Waals surface area contributed by atoms with E-state index in [2.05, 4.69) is 5.32 Å². The van der Waals surface area contributed by atoms with Crippen molar-refractivity contribution in [3.63, 3.8) is 0 Å². The number of hydrogen-bond donors (Lipinski definition) is 1. The molecular weight excluding hydrogens is 408 g/mol. The van der Waals surface area contributed by atoms with Gasteiger partial charge in [-0.25, -0.2) is 0 Å². The number of nitrogens with one attached hydrogen (secondary N) is 1. The Balaban J connectivity index is 1.53. The predicted molar refractivity (Wildman–Crippen MR) is 115 cm³/mol. The van der Waals surface area contributed by atoms with Crippen molar-refractivity contribution in [1.82, 2.24) is 4.90 Å². The summed E-state index contributed by atoms with van der Waals surface area (Å²) in [6.45, 7) is 1.21. The Morgan fingerprint density at radius 3 is 2.76 bits per heavy atom. The maximum atomic E-state index is 12.7. The molecule has 1 aliphatic rings. The molecule has 5 nitrogen and oxygen atoms in total. The molecule has 2 amide bonds. The highest BCUT2D eigenvalue weighted by atomic mass is 35.5. The molecule has 29 heavy (non-hydrogen) atoms. The van der Waals surface area contributed by atoms with Gasteiger partial charge in [0.25, 0.3) is 11.8 Å². The van der Waals surface area contributed by atoms with Crippen molar-refractivity contribution in [2.24, 2.45) is 0 Å². The number of methoxy groups -OCH3 is 1. The first-order chi connectivity index (χ1) is 14.0. The fourth-order valence-corrected chi connectivity index (χ4v) is 4.28. The molecule has 0 unspecified atom stereocenters. The maximum Gasteiger partial charge on any atom is 0.264 e. The van der Waals surface area contributed by atoms with Crippen molar-refractivity contribution in [2.45, 2.75) is 13.0 Å². The smallest absolute Gasteiger partial charge is 0.264 e. The minimum atomic E-state index is -0.299. The van der Waals surface area contributed by atoms with Crippen molar-refractivity contribution >= 4 is 40.4 Å². The molecule has 0 saturated heterocycles. The normalized spacial score (nSPS) is 13.0. The van der Waals surface area contributed by atoms with E-state index in [4.69, 9.17) is 16.3 Å². The quantitative estimate of drug-likeness (QED) is 0.648. The van der Waals surface area contributed by atoms with Gasteiger partial charge in [-0.1, -0.05) is 23.7 Å².